The maximum Gasteiger partial charge on any atom is 0.312 e. The van der Waals surface area contributed by atoms with E-state index in [-0.39, 0.29) is 0 Å². The fourth-order valence-corrected chi connectivity index (χ4v) is 3.56. The van der Waals surface area contributed by atoms with Gasteiger partial charge >= 0.3 is 5.97 Å². The number of carboxylic acids is 1. The van der Waals surface area contributed by atoms with Crippen molar-refractivity contribution in [2.45, 2.75) is 44.1 Å². The van der Waals surface area contributed by atoms with E-state index in [0.717, 1.165) is 44.7 Å². The minimum Gasteiger partial charge on any atom is -0.481 e. The summed E-state index contributed by atoms with van der Waals surface area (Å²) in [6.45, 7) is 2.83. The van der Waals surface area contributed by atoms with E-state index in [1.54, 1.807) is 0 Å². The largest absolute Gasteiger partial charge is 0.481 e. The molecule has 0 aromatic carbocycles. The number of carboxylic acid groups (broad SMARTS) is 1. The summed E-state index contributed by atoms with van der Waals surface area (Å²) >= 11 is 6.21. The average Bonchev–Trinajstić information content (AvgIpc) is 2.77. The maximum absolute atomic E-state index is 11.3. The van der Waals surface area contributed by atoms with Gasteiger partial charge in [-0.1, -0.05) is 11.6 Å². The van der Waals surface area contributed by atoms with Crippen LogP contribution in [0.2, 0.25) is 5.15 Å². The quantitative estimate of drug-likeness (QED) is 0.871. The summed E-state index contributed by atoms with van der Waals surface area (Å²) in [5.41, 5.74) is 0.717. The van der Waals surface area contributed by atoms with Crippen LogP contribution in [0.5, 0.6) is 0 Å². The van der Waals surface area contributed by atoms with Crippen LogP contribution in [-0.4, -0.2) is 33.7 Å². The predicted molar refractivity (Wildman–Crippen MR) is 71.7 cm³/mol. The summed E-state index contributed by atoms with van der Waals surface area (Å²) in [6, 6.07) is 0. The van der Waals surface area contributed by atoms with Crippen LogP contribution >= 0.6 is 11.6 Å². The van der Waals surface area contributed by atoms with Gasteiger partial charge in [-0.15, -0.1) is 0 Å². The van der Waals surface area contributed by atoms with Gasteiger partial charge in [-0.2, -0.15) is 0 Å². The molecule has 0 bridgehead atoms. The van der Waals surface area contributed by atoms with E-state index >= 15 is 0 Å². The van der Waals surface area contributed by atoms with Crippen LogP contribution in [0.15, 0.2) is 0 Å². The van der Waals surface area contributed by atoms with E-state index in [2.05, 4.69) is 14.9 Å². The van der Waals surface area contributed by atoms with Crippen LogP contribution < -0.4 is 5.32 Å². The van der Waals surface area contributed by atoms with Crippen molar-refractivity contribution in [1.29, 1.82) is 0 Å². The number of aliphatic carboxylic acids is 1. The Labute approximate surface area is 117 Å². The zero-order valence-corrected chi connectivity index (χ0v) is 11.5. The number of piperidine rings is 1. The molecule has 0 radical (unpaired) electrons. The third kappa shape index (κ3) is 2.25. The van der Waals surface area contributed by atoms with Gasteiger partial charge in [0.05, 0.1) is 5.69 Å². The Bertz CT molecular complexity index is 494. The van der Waals surface area contributed by atoms with E-state index < -0.39 is 11.9 Å². The lowest BCUT2D eigenvalue weighted by Gasteiger charge is -2.27. The molecule has 3 heterocycles. The summed E-state index contributed by atoms with van der Waals surface area (Å²) in [6.07, 6.45) is 3.63. The molecular formula is C13H18ClN3O2. The average molecular weight is 284 g/mol. The number of halogens is 1. The van der Waals surface area contributed by atoms with Crippen molar-refractivity contribution in [3.63, 3.8) is 0 Å². The highest BCUT2D eigenvalue weighted by Crippen LogP contribution is 2.37. The molecule has 1 saturated heterocycles. The molecule has 0 spiro atoms. The molecule has 1 aromatic rings. The second kappa shape index (κ2) is 5.13. The summed E-state index contributed by atoms with van der Waals surface area (Å²) < 4.78 is 2.07. The molecule has 104 valence electrons. The number of hydrogen-bond acceptors (Lipinski definition) is 3. The molecule has 1 aromatic heterocycles. The number of nitrogens with one attached hydrogen (secondary N) is 1. The number of nitrogens with zero attached hydrogens (tertiary/aromatic N) is 2. The maximum atomic E-state index is 11.3. The minimum absolute atomic E-state index is 0.389. The van der Waals surface area contributed by atoms with Crippen molar-refractivity contribution in [2.24, 2.45) is 0 Å². The molecular weight excluding hydrogens is 266 g/mol. The van der Waals surface area contributed by atoms with Crippen LogP contribution in [-0.2, 0) is 11.3 Å². The van der Waals surface area contributed by atoms with Gasteiger partial charge in [0.25, 0.3) is 0 Å². The summed E-state index contributed by atoms with van der Waals surface area (Å²) in [7, 11) is 0. The molecule has 0 aliphatic carbocycles. The zero-order chi connectivity index (χ0) is 13.4. The van der Waals surface area contributed by atoms with Crippen molar-refractivity contribution < 1.29 is 9.90 Å². The molecule has 0 amide bonds. The van der Waals surface area contributed by atoms with Gasteiger partial charge in [0.2, 0.25) is 0 Å². The minimum atomic E-state index is -0.792. The highest BCUT2D eigenvalue weighted by Gasteiger charge is 2.34. The van der Waals surface area contributed by atoms with E-state index in [4.69, 9.17) is 11.6 Å². The van der Waals surface area contributed by atoms with Crippen LogP contribution in [0.3, 0.4) is 0 Å². The Morgan fingerprint density at radius 2 is 2.11 bits per heavy atom. The highest BCUT2D eigenvalue weighted by molar-refractivity contribution is 6.30. The number of carbonyl (C=O) groups is 1. The topological polar surface area (TPSA) is 67.2 Å². The van der Waals surface area contributed by atoms with Crippen molar-refractivity contribution in [3.05, 3.63) is 16.7 Å². The molecule has 0 saturated carbocycles. The van der Waals surface area contributed by atoms with Crippen molar-refractivity contribution in [2.75, 3.05) is 13.1 Å². The van der Waals surface area contributed by atoms with E-state index in [1.165, 1.54) is 0 Å². The molecule has 2 N–H and O–H groups in total. The first-order valence-electron chi connectivity index (χ1n) is 6.88. The SMILES string of the molecule is O=C(O)C1CCCn2c(C3CCNCC3)nc(Cl)c21. The standard InChI is InChI=1S/C13H18ClN3O2/c14-11-10-9(13(18)19)2-1-7-17(10)12(16-11)8-3-5-15-6-4-8/h8-9,15H,1-7H2,(H,18,19). The lowest BCUT2D eigenvalue weighted by molar-refractivity contribution is -0.139. The molecule has 1 unspecified atom stereocenters. The van der Waals surface area contributed by atoms with Crippen LogP contribution in [0.1, 0.15) is 49.0 Å². The van der Waals surface area contributed by atoms with Gasteiger partial charge in [-0.05, 0) is 38.8 Å². The van der Waals surface area contributed by atoms with Gasteiger partial charge in [-0.25, -0.2) is 4.98 Å². The summed E-state index contributed by atoms with van der Waals surface area (Å²) in [5, 5.41) is 13.0. The fraction of sp³-hybridized carbons (Fsp3) is 0.692. The van der Waals surface area contributed by atoms with Crippen LogP contribution in [0.25, 0.3) is 0 Å². The zero-order valence-electron chi connectivity index (χ0n) is 10.7. The Balaban J connectivity index is 1.99. The van der Waals surface area contributed by atoms with Gasteiger partial charge in [0, 0.05) is 12.5 Å². The second-order valence-electron chi connectivity index (χ2n) is 5.36. The smallest absolute Gasteiger partial charge is 0.312 e. The molecule has 2 aliphatic heterocycles. The molecule has 1 fully saturated rings. The molecule has 19 heavy (non-hydrogen) atoms. The van der Waals surface area contributed by atoms with Gasteiger partial charge < -0.3 is 15.0 Å². The molecule has 5 nitrogen and oxygen atoms in total. The molecule has 6 heteroatoms. The summed E-state index contributed by atoms with van der Waals surface area (Å²) in [5.74, 6) is 0.108. The van der Waals surface area contributed by atoms with Crippen molar-refractivity contribution in [1.82, 2.24) is 14.9 Å². The highest BCUT2D eigenvalue weighted by atomic mass is 35.5. The Kier molecular flexibility index (Phi) is 3.50. The van der Waals surface area contributed by atoms with E-state index in [1.807, 2.05) is 0 Å². The van der Waals surface area contributed by atoms with Gasteiger partial charge in [0.1, 0.15) is 11.7 Å². The third-order valence-electron chi connectivity index (χ3n) is 4.20. The molecule has 2 aliphatic rings. The van der Waals surface area contributed by atoms with Crippen molar-refractivity contribution in [3.8, 4) is 0 Å². The molecule has 3 rings (SSSR count). The first-order chi connectivity index (χ1) is 9.18. The normalized spacial score (nSPS) is 24.2. The Hall–Kier alpha value is -1.07. The monoisotopic (exact) mass is 283 g/mol. The van der Waals surface area contributed by atoms with Gasteiger partial charge in [-0.3, -0.25) is 4.79 Å². The number of imidazole rings is 1. The first-order valence-corrected chi connectivity index (χ1v) is 7.25. The first kappa shape index (κ1) is 12.9. The van der Waals surface area contributed by atoms with Gasteiger partial charge in [0.15, 0.2) is 5.15 Å². The second-order valence-corrected chi connectivity index (χ2v) is 5.71. The van der Waals surface area contributed by atoms with Crippen LogP contribution in [0.4, 0.5) is 0 Å². The van der Waals surface area contributed by atoms with Crippen LogP contribution in [0, 0.1) is 0 Å². The van der Waals surface area contributed by atoms with Crippen molar-refractivity contribution >= 4 is 17.6 Å². The van der Waals surface area contributed by atoms with E-state index in [0.29, 0.717) is 23.2 Å². The Morgan fingerprint density at radius 1 is 1.37 bits per heavy atom. The lowest BCUT2D eigenvalue weighted by Crippen LogP contribution is -2.29. The van der Waals surface area contributed by atoms with E-state index in [9.17, 15) is 9.90 Å². The fourth-order valence-electron chi connectivity index (χ4n) is 3.24. The number of fused-ring (bicyclic) bond motifs is 1. The number of hydrogen-bond donors (Lipinski definition) is 2. The third-order valence-corrected chi connectivity index (χ3v) is 4.48. The lowest BCUT2D eigenvalue weighted by atomic mass is 9.94. The predicted octanol–water partition coefficient (Wildman–Crippen LogP) is 1.97. The Morgan fingerprint density at radius 3 is 2.79 bits per heavy atom. The number of aromatic nitrogens is 2. The number of rotatable bonds is 2. The molecule has 1 atom stereocenters. The summed E-state index contributed by atoms with van der Waals surface area (Å²) in [4.78, 5) is 15.8.